The van der Waals surface area contributed by atoms with E-state index in [4.69, 9.17) is 0 Å². The molecule has 2 rings (SSSR count). The number of hydrogen-bond acceptors (Lipinski definition) is 3. The van der Waals surface area contributed by atoms with Crippen LogP contribution in [0, 0.1) is 5.82 Å². The van der Waals surface area contributed by atoms with Gasteiger partial charge in [-0.2, -0.15) is 0 Å². The number of fused-ring (bicyclic) bond motifs is 1. The van der Waals surface area contributed by atoms with E-state index in [1.807, 2.05) is 14.8 Å². The van der Waals surface area contributed by atoms with Gasteiger partial charge in [0, 0.05) is 23.7 Å². The number of halogens is 2. The largest absolute Gasteiger partial charge is 0.258 e. The van der Waals surface area contributed by atoms with Crippen molar-refractivity contribution in [1.29, 1.82) is 0 Å². The summed E-state index contributed by atoms with van der Waals surface area (Å²) in [4.78, 5) is 3.96. The van der Waals surface area contributed by atoms with Crippen molar-refractivity contribution in [3.63, 3.8) is 0 Å². The minimum absolute atomic E-state index is 0.291. The van der Waals surface area contributed by atoms with Gasteiger partial charge in [-0.1, -0.05) is 0 Å². The molecule has 0 amide bonds. The van der Waals surface area contributed by atoms with Crippen molar-refractivity contribution < 1.29 is 4.39 Å². The number of aromatic nitrogens is 1. The fraction of sp³-hybridized carbons (Fsp3) is 0. The first-order valence-electron chi connectivity index (χ1n) is 3.22. The van der Waals surface area contributed by atoms with Gasteiger partial charge in [0.05, 0.1) is 29.1 Å². The van der Waals surface area contributed by atoms with Gasteiger partial charge in [-0.3, -0.25) is 2.52 Å². The SMILES string of the molecule is Fc1cnc2c(c1)C=CN(I)S2. The molecule has 0 aliphatic carbocycles. The summed E-state index contributed by atoms with van der Waals surface area (Å²) in [6.07, 6.45) is 4.94. The summed E-state index contributed by atoms with van der Waals surface area (Å²) < 4.78 is 14.6. The van der Waals surface area contributed by atoms with Crippen LogP contribution in [0.4, 0.5) is 4.39 Å². The summed E-state index contributed by atoms with van der Waals surface area (Å²) in [6, 6.07) is 1.48. The van der Waals surface area contributed by atoms with E-state index >= 15 is 0 Å². The van der Waals surface area contributed by atoms with Crippen molar-refractivity contribution in [2.75, 3.05) is 0 Å². The summed E-state index contributed by atoms with van der Waals surface area (Å²) >= 11 is 3.61. The van der Waals surface area contributed by atoms with Crippen molar-refractivity contribution in [1.82, 2.24) is 7.50 Å². The molecule has 0 radical (unpaired) electrons. The van der Waals surface area contributed by atoms with Crippen molar-refractivity contribution >= 4 is 40.9 Å². The second-order valence-electron chi connectivity index (χ2n) is 2.23. The molecule has 1 aromatic heterocycles. The normalized spacial score (nSPS) is 14.7. The zero-order chi connectivity index (χ0) is 8.55. The van der Waals surface area contributed by atoms with E-state index in [2.05, 4.69) is 27.8 Å². The minimum Gasteiger partial charge on any atom is -0.258 e. The van der Waals surface area contributed by atoms with Crippen molar-refractivity contribution in [2.45, 2.75) is 5.03 Å². The quantitative estimate of drug-likeness (QED) is 0.416. The molecule has 12 heavy (non-hydrogen) atoms. The van der Waals surface area contributed by atoms with Crippen molar-refractivity contribution in [3.8, 4) is 0 Å². The Labute approximate surface area is 87.5 Å². The Bertz CT molecular complexity index is 342. The second-order valence-corrected chi connectivity index (χ2v) is 4.88. The summed E-state index contributed by atoms with van der Waals surface area (Å²) in [5, 5.41) is 0.841. The third-order valence-electron chi connectivity index (χ3n) is 1.39. The third kappa shape index (κ3) is 1.56. The number of pyridine rings is 1. The van der Waals surface area contributed by atoms with Crippen LogP contribution in [-0.4, -0.2) is 7.50 Å². The average molecular weight is 294 g/mol. The van der Waals surface area contributed by atoms with E-state index in [0.29, 0.717) is 0 Å². The third-order valence-corrected chi connectivity index (χ3v) is 3.11. The van der Waals surface area contributed by atoms with Gasteiger partial charge < -0.3 is 0 Å². The molecule has 0 saturated carbocycles. The van der Waals surface area contributed by atoms with Crippen LogP contribution in [0.1, 0.15) is 5.56 Å². The second kappa shape index (κ2) is 3.21. The molecule has 0 atom stereocenters. The molecule has 0 spiro atoms. The highest BCUT2D eigenvalue weighted by atomic mass is 127. The lowest BCUT2D eigenvalue weighted by atomic mass is 10.3. The molecular formula is C7H4FIN2S. The topological polar surface area (TPSA) is 16.1 Å². The lowest BCUT2D eigenvalue weighted by molar-refractivity contribution is 0.617. The van der Waals surface area contributed by atoms with Crippen molar-refractivity contribution in [3.05, 3.63) is 29.8 Å². The Kier molecular flexibility index (Phi) is 2.22. The predicted molar refractivity (Wildman–Crippen MR) is 54.9 cm³/mol. The molecule has 62 valence electrons. The summed E-state index contributed by atoms with van der Waals surface area (Å²) in [5.74, 6) is -0.291. The van der Waals surface area contributed by atoms with Crippen LogP contribution in [-0.2, 0) is 0 Å². The maximum absolute atomic E-state index is 12.7. The van der Waals surface area contributed by atoms with Gasteiger partial charge in [-0.25, -0.2) is 9.37 Å². The lowest BCUT2D eigenvalue weighted by Crippen LogP contribution is -1.99. The number of nitrogens with zero attached hydrogens (tertiary/aromatic N) is 2. The lowest BCUT2D eigenvalue weighted by Gasteiger charge is -2.15. The minimum atomic E-state index is -0.291. The highest BCUT2D eigenvalue weighted by molar-refractivity contribution is 14.1. The molecule has 2 heterocycles. The predicted octanol–water partition coefficient (Wildman–Crippen LogP) is 2.86. The van der Waals surface area contributed by atoms with E-state index in [-0.39, 0.29) is 5.82 Å². The molecule has 0 N–H and O–H groups in total. The van der Waals surface area contributed by atoms with Crippen LogP contribution >= 0.6 is 34.8 Å². The van der Waals surface area contributed by atoms with E-state index in [9.17, 15) is 4.39 Å². The Morgan fingerprint density at radius 3 is 3.25 bits per heavy atom. The van der Waals surface area contributed by atoms with Crippen LogP contribution in [0.15, 0.2) is 23.5 Å². The van der Waals surface area contributed by atoms with Crippen LogP contribution in [0.3, 0.4) is 0 Å². The molecule has 1 aromatic rings. The van der Waals surface area contributed by atoms with Gasteiger partial charge in [-0.15, -0.1) is 0 Å². The van der Waals surface area contributed by atoms with Crippen LogP contribution in [0.25, 0.3) is 6.08 Å². The molecule has 0 bridgehead atoms. The zero-order valence-electron chi connectivity index (χ0n) is 5.87. The molecule has 0 aromatic carbocycles. The first-order chi connectivity index (χ1) is 5.75. The van der Waals surface area contributed by atoms with Gasteiger partial charge in [0.2, 0.25) is 0 Å². The fourth-order valence-corrected chi connectivity index (χ4v) is 2.23. The van der Waals surface area contributed by atoms with Gasteiger partial charge in [0.1, 0.15) is 10.8 Å². The highest BCUT2D eigenvalue weighted by Crippen LogP contribution is 2.32. The Morgan fingerprint density at radius 1 is 1.58 bits per heavy atom. The number of rotatable bonds is 0. The Hall–Kier alpha value is -0.300. The van der Waals surface area contributed by atoms with E-state index < -0.39 is 0 Å². The van der Waals surface area contributed by atoms with E-state index in [1.54, 1.807) is 0 Å². The zero-order valence-corrected chi connectivity index (χ0v) is 8.84. The van der Waals surface area contributed by atoms with Crippen LogP contribution < -0.4 is 0 Å². The highest BCUT2D eigenvalue weighted by Gasteiger charge is 2.11. The molecule has 2 nitrogen and oxygen atoms in total. The van der Waals surface area contributed by atoms with Gasteiger partial charge in [0.15, 0.2) is 0 Å². The van der Waals surface area contributed by atoms with E-state index in [1.165, 1.54) is 24.2 Å². The van der Waals surface area contributed by atoms with Crippen LogP contribution in [0.5, 0.6) is 0 Å². The summed E-state index contributed by atoms with van der Waals surface area (Å²) in [5.41, 5.74) is 0.841. The fourth-order valence-electron chi connectivity index (χ4n) is 0.890. The molecule has 0 fully saturated rings. The monoisotopic (exact) mass is 294 g/mol. The van der Waals surface area contributed by atoms with Crippen molar-refractivity contribution in [2.24, 2.45) is 0 Å². The smallest absolute Gasteiger partial charge is 0.142 e. The van der Waals surface area contributed by atoms with Gasteiger partial charge in [-0.05, 0) is 12.1 Å². The first kappa shape index (κ1) is 8.31. The summed E-state index contributed by atoms with van der Waals surface area (Å²) in [7, 11) is 0. The molecule has 0 unspecified atom stereocenters. The molecular weight excluding hydrogens is 290 g/mol. The molecule has 1 aliphatic heterocycles. The average Bonchev–Trinajstić information content (AvgIpc) is 2.05. The Morgan fingerprint density at radius 2 is 2.42 bits per heavy atom. The maximum atomic E-state index is 12.7. The standard InChI is InChI=1S/C7H4FIN2S/c8-6-3-5-1-2-11(9)12-7(5)10-4-6/h1-4H. The molecule has 5 heteroatoms. The van der Waals surface area contributed by atoms with E-state index in [0.717, 1.165) is 10.6 Å². The van der Waals surface area contributed by atoms with Gasteiger partial charge >= 0.3 is 0 Å². The van der Waals surface area contributed by atoms with Crippen LogP contribution in [0.2, 0.25) is 0 Å². The summed E-state index contributed by atoms with van der Waals surface area (Å²) in [6.45, 7) is 0. The first-order valence-corrected chi connectivity index (χ1v) is 4.96. The number of hydrogen-bond donors (Lipinski definition) is 0. The molecule has 0 saturated heterocycles. The van der Waals surface area contributed by atoms with Gasteiger partial charge in [0.25, 0.3) is 0 Å². The maximum Gasteiger partial charge on any atom is 0.142 e. The molecule has 1 aliphatic rings. The Balaban J connectivity index is 2.47.